The number of carbonyl (C=O) groups is 1. The lowest BCUT2D eigenvalue weighted by molar-refractivity contribution is 0.102. The molecule has 0 radical (unpaired) electrons. The van der Waals surface area contributed by atoms with Crippen LogP contribution in [0.5, 0.6) is 0 Å². The maximum atomic E-state index is 11.8. The van der Waals surface area contributed by atoms with Crippen LogP contribution in [0.15, 0.2) is 30.5 Å². The molecule has 2 N–H and O–H groups in total. The monoisotopic (exact) mass is 259 g/mol. The zero-order valence-electron chi connectivity index (χ0n) is 9.25. The van der Waals surface area contributed by atoms with Gasteiger partial charge in [-0.1, -0.05) is 16.3 Å². The lowest BCUT2D eigenvalue weighted by Gasteiger charge is -2.01. The van der Waals surface area contributed by atoms with Crippen LogP contribution >= 0.6 is 11.5 Å². The molecule has 90 valence electrons. The number of anilines is 1. The fraction of sp³-hybridized carbons (Fsp3) is 0.0833. The van der Waals surface area contributed by atoms with Gasteiger partial charge in [-0.15, -0.1) is 5.10 Å². The number of benzene rings is 1. The van der Waals surface area contributed by atoms with Gasteiger partial charge in [-0.2, -0.15) is 0 Å². The van der Waals surface area contributed by atoms with Crippen molar-refractivity contribution in [3.8, 4) is 11.8 Å². The van der Waals surface area contributed by atoms with Gasteiger partial charge in [0.15, 0.2) is 0 Å². The Labute approximate surface area is 108 Å². The maximum absolute atomic E-state index is 11.8. The summed E-state index contributed by atoms with van der Waals surface area (Å²) >= 11 is 1.12. The Hall–Kier alpha value is -2.23. The number of rotatable bonds is 2. The van der Waals surface area contributed by atoms with E-state index in [2.05, 4.69) is 26.7 Å². The molecule has 5 nitrogen and oxygen atoms in total. The van der Waals surface area contributed by atoms with E-state index in [1.54, 1.807) is 24.3 Å². The van der Waals surface area contributed by atoms with Crippen molar-refractivity contribution in [2.24, 2.45) is 0 Å². The van der Waals surface area contributed by atoms with Crippen LogP contribution in [-0.2, 0) is 0 Å². The molecule has 2 rings (SSSR count). The highest BCUT2D eigenvalue weighted by Gasteiger charge is 2.06. The highest BCUT2D eigenvalue weighted by atomic mass is 32.1. The quantitative estimate of drug-likeness (QED) is 0.793. The molecular formula is C12H9N3O2S. The summed E-state index contributed by atoms with van der Waals surface area (Å²) in [5.74, 6) is 5.08. The van der Waals surface area contributed by atoms with Gasteiger partial charge < -0.3 is 10.4 Å². The van der Waals surface area contributed by atoms with Crippen LogP contribution in [0, 0.1) is 11.8 Å². The van der Waals surface area contributed by atoms with Crippen molar-refractivity contribution in [3.05, 3.63) is 41.6 Å². The predicted molar refractivity (Wildman–Crippen MR) is 68.3 cm³/mol. The third kappa shape index (κ3) is 3.13. The second kappa shape index (κ2) is 5.91. The summed E-state index contributed by atoms with van der Waals surface area (Å²) in [5.41, 5.74) is 1.28. The van der Waals surface area contributed by atoms with Crippen molar-refractivity contribution in [3.63, 3.8) is 0 Å². The van der Waals surface area contributed by atoms with E-state index >= 15 is 0 Å². The summed E-state index contributed by atoms with van der Waals surface area (Å²) < 4.78 is 3.65. The summed E-state index contributed by atoms with van der Waals surface area (Å²) in [6.07, 6.45) is 1.49. The fourth-order valence-electron chi connectivity index (χ4n) is 1.25. The van der Waals surface area contributed by atoms with Gasteiger partial charge in [0.25, 0.3) is 5.91 Å². The standard InChI is InChI=1S/C12H9N3O2S/c16-7-1-2-9-3-5-10(6-4-9)12(17)14-11-8-13-15-18-11/h3-6,8,16H,7H2,(H,14,17). The highest BCUT2D eigenvalue weighted by Crippen LogP contribution is 2.12. The Balaban J connectivity index is 2.07. The molecule has 0 aliphatic heterocycles. The number of nitrogens with one attached hydrogen (secondary N) is 1. The van der Waals surface area contributed by atoms with Crippen molar-refractivity contribution < 1.29 is 9.90 Å². The van der Waals surface area contributed by atoms with E-state index < -0.39 is 0 Å². The van der Waals surface area contributed by atoms with Gasteiger partial charge in [-0.25, -0.2) is 0 Å². The minimum absolute atomic E-state index is 0.180. The Morgan fingerprint density at radius 2 is 2.17 bits per heavy atom. The highest BCUT2D eigenvalue weighted by molar-refractivity contribution is 7.10. The number of aromatic nitrogens is 2. The SMILES string of the molecule is O=C(Nc1cnns1)c1ccc(C#CCO)cc1. The summed E-state index contributed by atoms with van der Waals surface area (Å²) in [6.45, 7) is -0.180. The number of nitrogens with zero attached hydrogens (tertiary/aromatic N) is 2. The van der Waals surface area contributed by atoms with Crippen LogP contribution in [0.4, 0.5) is 5.00 Å². The maximum Gasteiger partial charge on any atom is 0.256 e. The molecule has 0 atom stereocenters. The van der Waals surface area contributed by atoms with Gasteiger partial charge in [-0.3, -0.25) is 4.79 Å². The number of aliphatic hydroxyl groups excluding tert-OH is 1. The van der Waals surface area contributed by atoms with Gasteiger partial charge in [0, 0.05) is 22.7 Å². The molecule has 0 fully saturated rings. The van der Waals surface area contributed by atoms with E-state index in [1.165, 1.54) is 6.20 Å². The summed E-state index contributed by atoms with van der Waals surface area (Å²) in [5, 5.41) is 15.5. The second-order valence-electron chi connectivity index (χ2n) is 3.27. The first-order valence-electron chi connectivity index (χ1n) is 5.08. The minimum atomic E-state index is -0.220. The van der Waals surface area contributed by atoms with E-state index in [-0.39, 0.29) is 12.5 Å². The van der Waals surface area contributed by atoms with Crippen molar-refractivity contribution in [2.75, 3.05) is 11.9 Å². The van der Waals surface area contributed by atoms with Crippen molar-refractivity contribution >= 4 is 22.4 Å². The van der Waals surface area contributed by atoms with Gasteiger partial charge in [0.05, 0.1) is 6.20 Å². The summed E-state index contributed by atoms with van der Waals surface area (Å²) in [4.78, 5) is 11.8. The number of hydrogen-bond acceptors (Lipinski definition) is 5. The smallest absolute Gasteiger partial charge is 0.256 e. The molecule has 0 aliphatic carbocycles. The van der Waals surface area contributed by atoms with E-state index in [0.29, 0.717) is 10.6 Å². The normalized spacial score (nSPS) is 9.39. The van der Waals surface area contributed by atoms with E-state index in [4.69, 9.17) is 5.11 Å². The van der Waals surface area contributed by atoms with Crippen molar-refractivity contribution in [1.29, 1.82) is 0 Å². The largest absolute Gasteiger partial charge is 0.384 e. The number of aliphatic hydroxyl groups is 1. The first kappa shape index (κ1) is 12.2. The molecule has 0 unspecified atom stereocenters. The Morgan fingerprint density at radius 1 is 1.39 bits per heavy atom. The van der Waals surface area contributed by atoms with Gasteiger partial charge in [0.2, 0.25) is 0 Å². The average molecular weight is 259 g/mol. The molecule has 1 aromatic heterocycles. The number of amides is 1. The molecule has 0 aliphatic rings. The van der Waals surface area contributed by atoms with Crippen molar-refractivity contribution in [2.45, 2.75) is 0 Å². The molecule has 0 saturated heterocycles. The number of hydrogen-bond donors (Lipinski definition) is 2. The topological polar surface area (TPSA) is 75.1 Å². The first-order chi connectivity index (χ1) is 8.79. The Morgan fingerprint density at radius 3 is 2.78 bits per heavy atom. The molecule has 2 aromatic rings. The zero-order valence-corrected chi connectivity index (χ0v) is 10.1. The van der Waals surface area contributed by atoms with E-state index in [1.807, 2.05) is 0 Å². The van der Waals surface area contributed by atoms with E-state index in [9.17, 15) is 4.79 Å². The third-order valence-corrected chi connectivity index (χ3v) is 2.64. The summed E-state index contributed by atoms with van der Waals surface area (Å²) in [6, 6.07) is 6.79. The number of carbonyl (C=O) groups excluding carboxylic acids is 1. The summed E-state index contributed by atoms with van der Waals surface area (Å²) in [7, 11) is 0. The molecule has 1 amide bonds. The predicted octanol–water partition coefficient (Wildman–Crippen LogP) is 1.13. The van der Waals surface area contributed by atoms with Gasteiger partial charge in [0.1, 0.15) is 11.6 Å². The molecule has 0 saturated carbocycles. The molecule has 6 heteroatoms. The molecule has 0 spiro atoms. The molecule has 1 aromatic carbocycles. The van der Waals surface area contributed by atoms with Crippen LogP contribution in [-0.4, -0.2) is 27.2 Å². The Bertz CT molecular complexity index is 582. The molecular weight excluding hydrogens is 250 g/mol. The van der Waals surface area contributed by atoms with E-state index in [0.717, 1.165) is 17.1 Å². The lowest BCUT2D eigenvalue weighted by atomic mass is 10.1. The third-order valence-electron chi connectivity index (χ3n) is 2.06. The fourth-order valence-corrected chi connectivity index (χ4v) is 1.67. The van der Waals surface area contributed by atoms with Gasteiger partial charge >= 0.3 is 0 Å². The first-order valence-corrected chi connectivity index (χ1v) is 5.85. The van der Waals surface area contributed by atoms with Gasteiger partial charge in [-0.05, 0) is 24.3 Å². The van der Waals surface area contributed by atoms with Crippen molar-refractivity contribution in [1.82, 2.24) is 9.59 Å². The second-order valence-corrected chi connectivity index (χ2v) is 4.06. The molecule has 0 bridgehead atoms. The minimum Gasteiger partial charge on any atom is -0.384 e. The molecule has 1 heterocycles. The van der Waals surface area contributed by atoms with Crippen LogP contribution < -0.4 is 5.32 Å². The lowest BCUT2D eigenvalue weighted by Crippen LogP contribution is -2.10. The van der Waals surface area contributed by atoms with Crippen LogP contribution in [0.1, 0.15) is 15.9 Å². The zero-order chi connectivity index (χ0) is 12.8. The van der Waals surface area contributed by atoms with Crippen LogP contribution in [0.2, 0.25) is 0 Å². The molecule has 18 heavy (non-hydrogen) atoms. The van der Waals surface area contributed by atoms with Crippen LogP contribution in [0.25, 0.3) is 0 Å². The van der Waals surface area contributed by atoms with Crippen LogP contribution in [0.3, 0.4) is 0 Å². The Kier molecular flexibility index (Phi) is 4.02. The average Bonchev–Trinajstić information content (AvgIpc) is 2.89.